The number of rotatable bonds is 3. The molecule has 1 aromatic carbocycles. The average molecular weight is 239 g/mol. The summed E-state index contributed by atoms with van der Waals surface area (Å²) in [5, 5.41) is 2.87. The molecule has 0 aliphatic rings. The number of aromatic nitrogens is 2. The SMILES string of the molecule is CNc1nsnc1-c1cccc(OC)c1F. The van der Waals surface area contributed by atoms with Crippen LogP contribution in [0.15, 0.2) is 18.2 Å². The van der Waals surface area contributed by atoms with E-state index < -0.39 is 5.82 Å². The maximum absolute atomic E-state index is 13.9. The minimum atomic E-state index is -0.422. The summed E-state index contributed by atoms with van der Waals surface area (Å²) in [5.74, 6) is 0.346. The molecule has 1 aromatic heterocycles. The van der Waals surface area contributed by atoms with Crippen LogP contribution in [0, 0.1) is 5.82 Å². The number of benzene rings is 1. The van der Waals surface area contributed by atoms with Gasteiger partial charge < -0.3 is 10.1 Å². The van der Waals surface area contributed by atoms with Crippen LogP contribution < -0.4 is 10.1 Å². The van der Waals surface area contributed by atoms with E-state index in [9.17, 15) is 4.39 Å². The fourth-order valence-corrected chi connectivity index (χ4v) is 1.95. The number of nitrogens with one attached hydrogen (secondary N) is 1. The third kappa shape index (κ3) is 1.71. The molecule has 2 aromatic rings. The normalized spacial score (nSPS) is 10.2. The molecule has 0 aliphatic carbocycles. The van der Waals surface area contributed by atoms with E-state index >= 15 is 0 Å². The third-order valence-electron chi connectivity index (χ3n) is 2.16. The minimum absolute atomic E-state index is 0.201. The Morgan fingerprint density at radius 2 is 2.19 bits per heavy atom. The van der Waals surface area contributed by atoms with Gasteiger partial charge in [0.05, 0.1) is 18.8 Å². The highest BCUT2D eigenvalue weighted by Crippen LogP contribution is 2.31. The summed E-state index contributed by atoms with van der Waals surface area (Å²) in [7, 11) is 3.15. The molecule has 16 heavy (non-hydrogen) atoms. The summed E-state index contributed by atoms with van der Waals surface area (Å²) in [6, 6.07) is 4.93. The molecule has 0 unspecified atom stereocenters. The molecule has 84 valence electrons. The van der Waals surface area contributed by atoms with Gasteiger partial charge in [0.25, 0.3) is 0 Å². The van der Waals surface area contributed by atoms with Gasteiger partial charge in [-0.3, -0.25) is 0 Å². The van der Waals surface area contributed by atoms with Crippen molar-refractivity contribution in [2.45, 2.75) is 0 Å². The van der Waals surface area contributed by atoms with Crippen molar-refractivity contribution < 1.29 is 9.13 Å². The first-order chi connectivity index (χ1) is 7.77. The van der Waals surface area contributed by atoms with Crippen LogP contribution in [0.25, 0.3) is 11.3 Å². The quantitative estimate of drug-likeness (QED) is 0.893. The first kappa shape index (κ1) is 10.8. The summed E-state index contributed by atoms with van der Waals surface area (Å²) in [6.45, 7) is 0. The Hall–Kier alpha value is -1.69. The zero-order chi connectivity index (χ0) is 11.5. The van der Waals surface area contributed by atoms with Gasteiger partial charge in [-0.05, 0) is 12.1 Å². The van der Waals surface area contributed by atoms with Gasteiger partial charge in [-0.1, -0.05) is 6.07 Å². The van der Waals surface area contributed by atoms with Gasteiger partial charge in [-0.15, -0.1) is 0 Å². The van der Waals surface area contributed by atoms with E-state index in [1.807, 2.05) is 0 Å². The lowest BCUT2D eigenvalue weighted by Crippen LogP contribution is -1.95. The van der Waals surface area contributed by atoms with Crippen LogP contribution in [0.1, 0.15) is 0 Å². The van der Waals surface area contributed by atoms with E-state index in [2.05, 4.69) is 14.1 Å². The van der Waals surface area contributed by atoms with Crippen molar-refractivity contribution in [1.29, 1.82) is 0 Å². The van der Waals surface area contributed by atoms with E-state index in [0.29, 0.717) is 17.1 Å². The van der Waals surface area contributed by atoms with Gasteiger partial charge in [0.1, 0.15) is 5.69 Å². The zero-order valence-corrected chi connectivity index (χ0v) is 9.64. The van der Waals surface area contributed by atoms with Crippen molar-refractivity contribution in [2.24, 2.45) is 0 Å². The van der Waals surface area contributed by atoms with Crippen LogP contribution >= 0.6 is 11.7 Å². The number of hydrogen-bond acceptors (Lipinski definition) is 5. The van der Waals surface area contributed by atoms with Crippen molar-refractivity contribution in [2.75, 3.05) is 19.5 Å². The van der Waals surface area contributed by atoms with Gasteiger partial charge in [0, 0.05) is 12.6 Å². The fraction of sp³-hybridized carbons (Fsp3) is 0.200. The highest BCUT2D eigenvalue weighted by Gasteiger charge is 2.16. The molecule has 0 fully saturated rings. The first-order valence-electron chi connectivity index (χ1n) is 4.61. The Bertz CT molecular complexity index is 501. The maximum atomic E-state index is 13.9. The van der Waals surface area contributed by atoms with Crippen LogP contribution in [-0.4, -0.2) is 22.9 Å². The van der Waals surface area contributed by atoms with E-state index in [-0.39, 0.29) is 5.75 Å². The number of nitrogens with zero attached hydrogens (tertiary/aromatic N) is 2. The number of hydrogen-bond donors (Lipinski definition) is 1. The smallest absolute Gasteiger partial charge is 0.174 e. The van der Waals surface area contributed by atoms with Crippen LogP contribution in [0.2, 0.25) is 0 Å². The molecule has 6 heteroatoms. The second kappa shape index (κ2) is 4.44. The Morgan fingerprint density at radius 3 is 2.88 bits per heavy atom. The summed E-state index contributed by atoms with van der Waals surface area (Å²) in [5.41, 5.74) is 0.890. The van der Waals surface area contributed by atoms with Crippen molar-refractivity contribution in [3.05, 3.63) is 24.0 Å². The van der Waals surface area contributed by atoms with Crippen LogP contribution in [0.4, 0.5) is 10.2 Å². The van der Waals surface area contributed by atoms with Crippen LogP contribution in [-0.2, 0) is 0 Å². The van der Waals surface area contributed by atoms with Crippen molar-refractivity contribution in [3.63, 3.8) is 0 Å². The molecule has 0 saturated carbocycles. The Kier molecular flexibility index (Phi) is 3.00. The summed E-state index contributed by atoms with van der Waals surface area (Å²) in [4.78, 5) is 0. The van der Waals surface area contributed by atoms with Gasteiger partial charge in [-0.25, -0.2) is 4.39 Å². The van der Waals surface area contributed by atoms with Gasteiger partial charge >= 0.3 is 0 Å². The molecule has 1 heterocycles. The van der Waals surface area contributed by atoms with Crippen molar-refractivity contribution in [1.82, 2.24) is 8.75 Å². The third-order valence-corrected chi connectivity index (χ3v) is 2.69. The first-order valence-corrected chi connectivity index (χ1v) is 5.34. The van der Waals surface area contributed by atoms with E-state index in [0.717, 1.165) is 11.7 Å². The second-order valence-corrected chi connectivity index (χ2v) is 3.56. The lowest BCUT2D eigenvalue weighted by Gasteiger charge is -2.06. The molecule has 0 radical (unpaired) electrons. The van der Waals surface area contributed by atoms with Gasteiger partial charge in [0.2, 0.25) is 0 Å². The molecule has 0 atom stereocenters. The molecule has 0 bridgehead atoms. The highest BCUT2D eigenvalue weighted by atomic mass is 32.1. The predicted molar refractivity (Wildman–Crippen MR) is 61.4 cm³/mol. The minimum Gasteiger partial charge on any atom is -0.494 e. The standard InChI is InChI=1S/C10H10FN3OS/c1-12-10-9(13-16-14-10)6-4-3-5-7(15-2)8(6)11/h3-5H,1-2H3,(H,12,14). The lowest BCUT2D eigenvalue weighted by molar-refractivity contribution is 0.387. The Morgan fingerprint density at radius 1 is 1.38 bits per heavy atom. The molecular weight excluding hydrogens is 229 g/mol. The Balaban J connectivity index is 2.56. The monoisotopic (exact) mass is 239 g/mol. The number of halogens is 1. The van der Waals surface area contributed by atoms with Crippen LogP contribution in [0.5, 0.6) is 5.75 Å². The molecule has 4 nitrogen and oxygen atoms in total. The van der Waals surface area contributed by atoms with Crippen molar-refractivity contribution in [3.8, 4) is 17.0 Å². The Labute approximate surface area is 96.4 Å². The maximum Gasteiger partial charge on any atom is 0.174 e. The highest BCUT2D eigenvalue weighted by molar-refractivity contribution is 6.99. The largest absolute Gasteiger partial charge is 0.494 e. The molecular formula is C10H10FN3OS. The molecule has 0 spiro atoms. The number of anilines is 1. The van der Waals surface area contributed by atoms with Crippen molar-refractivity contribution >= 4 is 17.5 Å². The predicted octanol–water partition coefficient (Wildman–Crippen LogP) is 2.39. The average Bonchev–Trinajstić information content (AvgIpc) is 2.77. The number of ether oxygens (including phenoxy) is 1. The molecule has 0 aliphatic heterocycles. The van der Waals surface area contributed by atoms with Gasteiger partial charge in [0.15, 0.2) is 17.4 Å². The van der Waals surface area contributed by atoms with Crippen LogP contribution in [0.3, 0.4) is 0 Å². The topological polar surface area (TPSA) is 47.0 Å². The summed E-state index contributed by atoms with van der Waals surface area (Å²) >= 11 is 1.04. The molecule has 0 amide bonds. The zero-order valence-electron chi connectivity index (χ0n) is 8.82. The van der Waals surface area contributed by atoms with Gasteiger partial charge in [-0.2, -0.15) is 8.75 Å². The number of methoxy groups -OCH3 is 1. The lowest BCUT2D eigenvalue weighted by atomic mass is 10.1. The molecule has 2 rings (SSSR count). The molecule has 0 saturated heterocycles. The second-order valence-electron chi connectivity index (χ2n) is 3.03. The summed E-state index contributed by atoms with van der Waals surface area (Å²) in [6.07, 6.45) is 0. The van der Waals surface area contributed by atoms with E-state index in [4.69, 9.17) is 4.74 Å². The molecule has 1 N–H and O–H groups in total. The summed E-state index contributed by atoms with van der Waals surface area (Å²) < 4.78 is 26.9. The fourth-order valence-electron chi connectivity index (χ4n) is 1.38. The van der Waals surface area contributed by atoms with E-state index in [1.165, 1.54) is 7.11 Å². The van der Waals surface area contributed by atoms with E-state index in [1.54, 1.807) is 25.2 Å².